The first-order chi connectivity index (χ1) is 7.09. The van der Waals surface area contributed by atoms with Gasteiger partial charge in [-0.1, -0.05) is 17.7 Å². The minimum absolute atomic E-state index is 0.152. The van der Waals surface area contributed by atoms with E-state index in [4.69, 9.17) is 11.6 Å². The van der Waals surface area contributed by atoms with E-state index in [0.717, 1.165) is 5.56 Å². The van der Waals surface area contributed by atoms with Gasteiger partial charge in [0.15, 0.2) is 0 Å². The van der Waals surface area contributed by atoms with Crippen LogP contribution >= 0.6 is 11.6 Å². The fourth-order valence-corrected chi connectivity index (χ4v) is 1.18. The van der Waals surface area contributed by atoms with Crippen LogP contribution in [-0.2, 0) is 4.79 Å². The molecular weight excluding hydrogens is 214 g/mol. The van der Waals surface area contributed by atoms with Crippen LogP contribution in [0.5, 0.6) is 0 Å². The summed E-state index contributed by atoms with van der Waals surface area (Å²) in [5.74, 6) is -0.187. The maximum Gasteiger partial charge on any atom is 0.251 e. The van der Waals surface area contributed by atoms with E-state index in [2.05, 4.69) is 5.32 Å². The molecule has 0 aliphatic heterocycles. The molecule has 1 aromatic rings. The smallest absolute Gasteiger partial charge is 0.251 e. The number of carbonyl (C=O) groups excluding carboxylic acids is 2. The van der Waals surface area contributed by atoms with Gasteiger partial charge in [0.25, 0.3) is 5.91 Å². The first-order valence-corrected chi connectivity index (χ1v) is 5.00. The first-order valence-electron chi connectivity index (χ1n) is 4.63. The van der Waals surface area contributed by atoms with Gasteiger partial charge in [0, 0.05) is 18.5 Å². The van der Waals surface area contributed by atoms with E-state index in [1.54, 1.807) is 12.1 Å². The van der Waals surface area contributed by atoms with Gasteiger partial charge in [0.1, 0.15) is 0 Å². The summed E-state index contributed by atoms with van der Waals surface area (Å²) in [6.07, 6.45) is 0.152. The second-order valence-corrected chi connectivity index (χ2v) is 3.65. The SMILES string of the molecule is Cc1ccc(C(=O)NCCC(=O)Cl)cc1. The van der Waals surface area contributed by atoms with Crippen LogP contribution in [0, 0.1) is 6.92 Å². The molecule has 1 N–H and O–H groups in total. The topological polar surface area (TPSA) is 46.2 Å². The largest absolute Gasteiger partial charge is 0.352 e. The third kappa shape index (κ3) is 4.13. The molecule has 0 heterocycles. The Labute approximate surface area is 93.4 Å². The van der Waals surface area contributed by atoms with Crippen molar-refractivity contribution in [2.75, 3.05) is 6.54 Å². The zero-order chi connectivity index (χ0) is 11.3. The number of halogens is 1. The molecule has 0 aliphatic rings. The third-order valence-corrected chi connectivity index (χ3v) is 2.11. The standard InChI is InChI=1S/C11H12ClNO2/c1-8-2-4-9(5-3-8)11(15)13-7-6-10(12)14/h2-5H,6-7H2,1H3,(H,13,15). The highest BCUT2D eigenvalue weighted by atomic mass is 35.5. The third-order valence-electron chi connectivity index (χ3n) is 1.92. The molecule has 1 aromatic carbocycles. The zero-order valence-corrected chi connectivity index (χ0v) is 9.17. The lowest BCUT2D eigenvalue weighted by molar-refractivity contribution is -0.111. The molecule has 0 saturated carbocycles. The molecule has 0 aromatic heterocycles. The Bertz CT molecular complexity index is 359. The van der Waals surface area contributed by atoms with E-state index in [0.29, 0.717) is 5.56 Å². The second kappa shape index (κ2) is 5.51. The van der Waals surface area contributed by atoms with E-state index in [9.17, 15) is 9.59 Å². The highest BCUT2D eigenvalue weighted by Crippen LogP contribution is 2.02. The van der Waals surface area contributed by atoms with Crippen LogP contribution < -0.4 is 5.32 Å². The summed E-state index contributed by atoms with van der Waals surface area (Å²) in [6.45, 7) is 2.23. The van der Waals surface area contributed by atoms with Crippen LogP contribution in [-0.4, -0.2) is 17.7 Å². The molecule has 3 nitrogen and oxygen atoms in total. The molecule has 1 amide bonds. The van der Waals surface area contributed by atoms with Crippen LogP contribution in [0.2, 0.25) is 0 Å². The van der Waals surface area contributed by atoms with Crippen LogP contribution in [0.3, 0.4) is 0 Å². The van der Waals surface area contributed by atoms with E-state index < -0.39 is 5.24 Å². The van der Waals surface area contributed by atoms with Crippen molar-refractivity contribution >= 4 is 22.8 Å². The second-order valence-electron chi connectivity index (χ2n) is 3.23. The van der Waals surface area contributed by atoms with Crippen molar-refractivity contribution in [2.45, 2.75) is 13.3 Å². The molecule has 0 atom stereocenters. The lowest BCUT2D eigenvalue weighted by Gasteiger charge is -2.03. The number of aryl methyl sites for hydroxylation is 1. The van der Waals surface area contributed by atoms with Crippen molar-refractivity contribution in [3.05, 3.63) is 35.4 Å². The summed E-state index contributed by atoms with van der Waals surface area (Å²) in [5.41, 5.74) is 1.69. The predicted octanol–water partition coefficient (Wildman–Crippen LogP) is 1.88. The Hall–Kier alpha value is -1.35. The van der Waals surface area contributed by atoms with Gasteiger partial charge < -0.3 is 5.32 Å². The van der Waals surface area contributed by atoms with Crippen molar-refractivity contribution in [3.8, 4) is 0 Å². The average molecular weight is 226 g/mol. The molecule has 0 spiro atoms. The van der Waals surface area contributed by atoms with Gasteiger partial charge in [0.05, 0.1) is 0 Å². The van der Waals surface area contributed by atoms with E-state index >= 15 is 0 Å². The highest BCUT2D eigenvalue weighted by Gasteiger charge is 2.04. The van der Waals surface area contributed by atoms with Gasteiger partial charge in [-0.05, 0) is 30.7 Å². The average Bonchev–Trinajstić information content (AvgIpc) is 2.18. The lowest BCUT2D eigenvalue weighted by Crippen LogP contribution is -2.25. The fourth-order valence-electron chi connectivity index (χ4n) is 1.08. The zero-order valence-electron chi connectivity index (χ0n) is 8.42. The highest BCUT2D eigenvalue weighted by molar-refractivity contribution is 6.63. The Morgan fingerprint density at radius 1 is 1.27 bits per heavy atom. The maximum atomic E-state index is 11.5. The summed E-state index contributed by atoms with van der Waals surface area (Å²) >= 11 is 5.14. The van der Waals surface area contributed by atoms with Crippen molar-refractivity contribution < 1.29 is 9.59 Å². The number of benzene rings is 1. The van der Waals surface area contributed by atoms with Crippen LogP contribution in [0.4, 0.5) is 0 Å². The Kier molecular flexibility index (Phi) is 4.31. The Balaban J connectivity index is 2.47. The summed E-state index contributed by atoms with van der Waals surface area (Å²) in [7, 11) is 0. The molecule has 80 valence electrons. The molecule has 0 saturated heterocycles. The Morgan fingerprint density at radius 2 is 1.87 bits per heavy atom. The van der Waals surface area contributed by atoms with Gasteiger partial charge in [-0.3, -0.25) is 9.59 Å². The van der Waals surface area contributed by atoms with Gasteiger partial charge in [0.2, 0.25) is 5.24 Å². The minimum atomic E-state index is -0.445. The molecule has 0 fully saturated rings. The number of rotatable bonds is 4. The summed E-state index contributed by atoms with van der Waals surface area (Å²) < 4.78 is 0. The maximum absolute atomic E-state index is 11.5. The van der Waals surface area contributed by atoms with E-state index in [1.165, 1.54) is 0 Å². The summed E-state index contributed by atoms with van der Waals surface area (Å²) in [5, 5.41) is 2.16. The van der Waals surface area contributed by atoms with Gasteiger partial charge in [-0.15, -0.1) is 0 Å². The van der Waals surface area contributed by atoms with Crippen molar-refractivity contribution in [1.29, 1.82) is 0 Å². The summed E-state index contributed by atoms with van der Waals surface area (Å²) in [4.78, 5) is 21.9. The van der Waals surface area contributed by atoms with Gasteiger partial charge >= 0.3 is 0 Å². The fraction of sp³-hybridized carbons (Fsp3) is 0.273. The molecule has 0 radical (unpaired) electrons. The molecule has 0 bridgehead atoms. The van der Waals surface area contributed by atoms with Crippen LogP contribution in [0.15, 0.2) is 24.3 Å². The molecule has 15 heavy (non-hydrogen) atoms. The number of hydrogen-bond acceptors (Lipinski definition) is 2. The normalized spacial score (nSPS) is 9.73. The number of hydrogen-bond donors (Lipinski definition) is 1. The number of carbonyl (C=O) groups is 2. The molecule has 1 rings (SSSR count). The van der Waals surface area contributed by atoms with Crippen LogP contribution in [0.1, 0.15) is 22.3 Å². The molecule has 0 aliphatic carbocycles. The van der Waals surface area contributed by atoms with Gasteiger partial charge in [-0.25, -0.2) is 0 Å². The predicted molar refractivity (Wildman–Crippen MR) is 59.0 cm³/mol. The minimum Gasteiger partial charge on any atom is -0.352 e. The number of nitrogens with one attached hydrogen (secondary N) is 1. The summed E-state index contributed by atoms with van der Waals surface area (Å²) in [6, 6.07) is 7.21. The van der Waals surface area contributed by atoms with E-state index in [1.807, 2.05) is 19.1 Å². The monoisotopic (exact) mass is 225 g/mol. The first kappa shape index (κ1) is 11.7. The Morgan fingerprint density at radius 3 is 2.40 bits per heavy atom. The molecule has 4 heteroatoms. The molecule has 0 unspecified atom stereocenters. The van der Waals surface area contributed by atoms with Crippen LogP contribution in [0.25, 0.3) is 0 Å². The number of amides is 1. The van der Waals surface area contributed by atoms with E-state index in [-0.39, 0.29) is 18.9 Å². The van der Waals surface area contributed by atoms with Gasteiger partial charge in [-0.2, -0.15) is 0 Å². The van der Waals surface area contributed by atoms with Crippen molar-refractivity contribution in [2.24, 2.45) is 0 Å². The quantitative estimate of drug-likeness (QED) is 0.796. The molecular formula is C11H12ClNO2. The lowest BCUT2D eigenvalue weighted by atomic mass is 10.1. The van der Waals surface area contributed by atoms with Crippen molar-refractivity contribution in [1.82, 2.24) is 5.32 Å². The van der Waals surface area contributed by atoms with Crippen molar-refractivity contribution in [3.63, 3.8) is 0 Å².